The number of nitrogens with one attached hydrogen (secondary N) is 1. The van der Waals surface area contributed by atoms with Gasteiger partial charge in [0.1, 0.15) is 6.10 Å². The van der Waals surface area contributed by atoms with E-state index in [1.807, 2.05) is 6.07 Å². The van der Waals surface area contributed by atoms with Gasteiger partial charge < -0.3 is 14.8 Å². The van der Waals surface area contributed by atoms with Crippen molar-refractivity contribution in [2.24, 2.45) is 0 Å². The minimum Gasteiger partial charge on any atom is -0.462 e. The molecular formula is C18H13BrCl3NO3. The molecule has 1 aromatic heterocycles. The number of halogens is 4. The maximum absolute atomic E-state index is 12.0. The number of carbonyl (C=O) groups is 1. The van der Waals surface area contributed by atoms with Gasteiger partial charge in [0.2, 0.25) is 0 Å². The molecule has 0 bridgehead atoms. The molecule has 3 aromatic rings. The van der Waals surface area contributed by atoms with Crippen LogP contribution in [-0.2, 0) is 4.74 Å². The van der Waals surface area contributed by atoms with Gasteiger partial charge in [-0.25, -0.2) is 4.79 Å². The van der Waals surface area contributed by atoms with Gasteiger partial charge in [-0.2, -0.15) is 0 Å². The number of aromatic amines is 1. The third kappa shape index (κ3) is 3.59. The van der Waals surface area contributed by atoms with E-state index >= 15 is 0 Å². The van der Waals surface area contributed by atoms with E-state index in [0.29, 0.717) is 10.7 Å². The van der Waals surface area contributed by atoms with Crippen molar-refractivity contribution in [3.05, 3.63) is 66.7 Å². The third-order valence-corrected chi connectivity index (χ3v) is 5.37. The van der Waals surface area contributed by atoms with Gasteiger partial charge in [-0.15, -0.1) is 0 Å². The van der Waals surface area contributed by atoms with Gasteiger partial charge in [0.15, 0.2) is 0 Å². The molecule has 1 heterocycles. The number of fused-ring (bicyclic) bond motifs is 1. The van der Waals surface area contributed by atoms with Crippen molar-refractivity contribution < 1.29 is 14.6 Å². The van der Waals surface area contributed by atoms with E-state index in [4.69, 9.17) is 39.5 Å². The molecule has 4 nitrogen and oxygen atoms in total. The summed E-state index contributed by atoms with van der Waals surface area (Å²) >= 11 is 22.2. The zero-order valence-electron chi connectivity index (χ0n) is 13.4. The lowest BCUT2D eigenvalue weighted by atomic mass is 10.0. The first-order chi connectivity index (χ1) is 12.3. The molecule has 0 saturated carbocycles. The van der Waals surface area contributed by atoms with E-state index in [1.54, 1.807) is 19.1 Å². The fourth-order valence-electron chi connectivity index (χ4n) is 2.67. The molecule has 1 unspecified atom stereocenters. The highest BCUT2D eigenvalue weighted by Gasteiger charge is 2.24. The number of aliphatic hydroxyl groups excluding tert-OH is 1. The van der Waals surface area contributed by atoms with Crippen LogP contribution in [0.3, 0.4) is 0 Å². The number of hydrogen-bond acceptors (Lipinski definition) is 3. The Balaban J connectivity index is 2.10. The first-order valence-corrected chi connectivity index (χ1v) is 9.57. The zero-order valence-corrected chi connectivity index (χ0v) is 17.3. The fraction of sp³-hybridized carbons (Fsp3) is 0.167. The molecular weight excluding hydrogens is 464 g/mol. The minimum absolute atomic E-state index is 0.0504. The predicted octanol–water partition coefficient (Wildman–Crippen LogP) is 6.15. The molecule has 0 spiro atoms. The second-order valence-electron chi connectivity index (χ2n) is 5.52. The van der Waals surface area contributed by atoms with Crippen molar-refractivity contribution in [2.75, 3.05) is 6.61 Å². The molecule has 0 aliphatic heterocycles. The molecule has 0 aliphatic carbocycles. The summed E-state index contributed by atoms with van der Waals surface area (Å²) in [7, 11) is 0. The highest BCUT2D eigenvalue weighted by atomic mass is 79.9. The van der Waals surface area contributed by atoms with E-state index in [1.165, 1.54) is 12.1 Å². The summed E-state index contributed by atoms with van der Waals surface area (Å²) in [6.07, 6.45) is -1.17. The van der Waals surface area contributed by atoms with Crippen LogP contribution in [0.5, 0.6) is 0 Å². The van der Waals surface area contributed by atoms with Gasteiger partial charge in [0.25, 0.3) is 0 Å². The van der Waals surface area contributed by atoms with Gasteiger partial charge in [-0.3, -0.25) is 0 Å². The van der Waals surface area contributed by atoms with Crippen LogP contribution in [0.2, 0.25) is 15.1 Å². The minimum atomic E-state index is -1.17. The molecule has 2 N–H and O–H groups in total. The van der Waals surface area contributed by atoms with Crippen LogP contribution in [0, 0.1) is 0 Å². The van der Waals surface area contributed by atoms with Crippen LogP contribution < -0.4 is 0 Å². The Morgan fingerprint density at radius 1 is 1.23 bits per heavy atom. The number of hydrogen-bond donors (Lipinski definition) is 2. The molecule has 1 atom stereocenters. The molecule has 0 radical (unpaired) electrons. The molecule has 0 saturated heterocycles. The van der Waals surface area contributed by atoms with E-state index in [2.05, 4.69) is 20.9 Å². The average Bonchev–Trinajstić information content (AvgIpc) is 2.99. The fourth-order valence-corrected chi connectivity index (χ4v) is 4.19. The molecule has 3 rings (SSSR count). The van der Waals surface area contributed by atoms with Crippen LogP contribution >= 0.6 is 50.7 Å². The summed E-state index contributed by atoms with van der Waals surface area (Å²) < 4.78 is 5.79. The van der Waals surface area contributed by atoms with Gasteiger partial charge in [0.05, 0.1) is 22.2 Å². The van der Waals surface area contributed by atoms with Crippen molar-refractivity contribution in [3.63, 3.8) is 0 Å². The van der Waals surface area contributed by atoms with Crippen LogP contribution in [0.15, 0.2) is 34.8 Å². The van der Waals surface area contributed by atoms with Crippen LogP contribution in [0.4, 0.5) is 0 Å². The topological polar surface area (TPSA) is 62.3 Å². The molecule has 0 amide bonds. The number of carbonyl (C=O) groups excluding carboxylic acids is 1. The average molecular weight is 478 g/mol. The lowest BCUT2D eigenvalue weighted by molar-refractivity contribution is 0.0526. The maximum atomic E-state index is 12.0. The Morgan fingerprint density at radius 2 is 1.96 bits per heavy atom. The highest BCUT2D eigenvalue weighted by Crippen LogP contribution is 2.38. The normalized spacial score (nSPS) is 12.4. The van der Waals surface area contributed by atoms with Crippen molar-refractivity contribution >= 4 is 67.6 Å². The van der Waals surface area contributed by atoms with Crippen LogP contribution in [0.25, 0.3) is 10.9 Å². The Kier molecular flexibility index (Phi) is 5.85. The Bertz CT molecular complexity index is 1000. The number of aromatic nitrogens is 1. The van der Waals surface area contributed by atoms with Crippen LogP contribution in [0.1, 0.15) is 34.6 Å². The summed E-state index contributed by atoms with van der Waals surface area (Å²) in [6.45, 7) is 1.91. The maximum Gasteiger partial charge on any atom is 0.339 e. The first kappa shape index (κ1) is 19.5. The number of H-pyrrole nitrogens is 1. The first-order valence-electron chi connectivity index (χ1n) is 7.64. The van der Waals surface area contributed by atoms with Crippen LogP contribution in [-0.4, -0.2) is 22.7 Å². The standard InChI is InChI=1S/C18H13BrCl3NO3/c1-2-26-18(25)9-3-4-11(20)15(16(9)22)17(24)14-7-10-12(21)5-8(19)6-13(10)23-14/h3-7,17,23-24H,2H2,1H3. The van der Waals surface area contributed by atoms with E-state index in [9.17, 15) is 9.90 Å². The number of ether oxygens (including phenoxy) is 1. The number of aliphatic hydroxyl groups is 1. The summed E-state index contributed by atoms with van der Waals surface area (Å²) in [5.41, 5.74) is 1.56. The monoisotopic (exact) mass is 475 g/mol. The Hall–Kier alpha value is -1.24. The lowest BCUT2D eigenvalue weighted by Crippen LogP contribution is -2.09. The Morgan fingerprint density at radius 3 is 2.65 bits per heavy atom. The van der Waals surface area contributed by atoms with Crippen molar-refractivity contribution in [3.8, 4) is 0 Å². The molecule has 26 heavy (non-hydrogen) atoms. The quantitative estimate of drug-likeness (QED) is 0.443. The van der Waals surface area contributed by atoms with Crippen molar-refractivity contribution in [1.82, 2.24) is 4.98 Å². The number of benzene rings is 2. The van der Waals surface area contributed by atoms with Gasteiger partial charge >= 0.3 is 5.97 Å². The van der Waals surface area contributed by atoms with Gasteiger partial charge in [0, 0.05) is 31.7 Å². The summed E-state index contributed by atoms with van der Waals surface area (Å²) in [5.74, 6) is -0.578. The highest BCUT2D eigenvalue weighted by molar-refractivity contribution is 9.10. The Labute approximate surface area is 173 Å². The summed E-state index contributed by atoms with van der Waals surface area (Å²) in [6, 6.07) is 8.30. The summed E-state index contributed by atoms with van der Waals surface area (Å²) in [4.78, 5) is 15.2. The lowest BCUT2D eigenvalue weighted by Gasteiger charge is -2.15. The zero-order chi connectivity index (χ0) is 19.0. The smallest absolute Gasteiger partial charge is 0.339 e. The van der Waals surface area contributed by atoms with Gasteiger partial charge in [-0.1, -0.05) is 50.7 Å². The molecule has 136 valence electrons. The van der Waals surface area contributed by atoms with E-state index in [-0.39, 0.29) is 27.8 Å². The molecule has 2 aromatic carbocycles. The van der Waals surface area contributed by atoms with Crippen molar-refractivity contribution in [2.45, 2.75) is 13.0 Å². The molecule has 0 fully saturated rings. The molecule has 8 heteroatoms. The second-order valence-corrected chi connectivity index (χ2v) is 7.63. The molecule has 0 aliphatic rings. The predicted molar refractivity (Wildman–Crippen MR) is 107 cm³/mol. The third-order valence-electron chi connectivity index (χ3n) is 3.86. The van der Waals surface area contributed by atoms with Gasteiger partial charge in [-0.05, 0) is 37.3 Å². The van der Waals surface area contributed by atoms with Crippen molar-refractivity contribution in [1.29, 1.82) is 0 Å². The largest absolute Gasteiger partial charge is 0.462 e. The number of esters is 1. The summed E-state index contributed by atoms with van der Waals surface area (Å²) in [5, 5.41) is 12.4. The van der Waals surface area contributed by atoms with E-state index in [0.717, 1.165) is 15.4 Å². The SMILES string of the molecule is CCOC(=O)c1ccc(Cl)c(C(O)c2cc3c(Cl)cc(Br)cc3[nH]2)c1Cl. The van der Waals surface area contributed by atoms with E-state index < -0.39 is 12.1 Å². The second kappa shape index (κ2) is 7.79. The number of rotatable bonds is 4.